The van der Waals surface area contributed by atoms with Gasteiger partial charge in [-0.2, -0.15) is 0 Å². The maximum atomic E-state index is 5.04. The minimum Gasteiger partial charge on any atom is -0.383 e. The van der Waals surface area contributed by atoms with Crippen LogP contribution in [-0.2, 0) is 4.74 Å². The van der Waals surface area contributed by atoms with Gasteiger partial charge in [-0.15, -0.1) is 0 Å². The number of hydrogen-bond acceptors (Lipinski definition) is 5. The highest BCUT2D eigenvalue weighted by Crippen LogP contribution is 2.20. The second kappa shape index (κ2) is 7.55. The van der Waals surface area contributed by atoms with E-state index in [0.29, 0.717) is 0 Å². The van der Waals surface area contributed by atoms with Crippen molar-refractivity contribution < 1.29 is 4.74 Å². The summed E-state index contributed by atoms with van der Waals surface area (Å²) in [5.41, 5.74) is 2.10. The molecule has 0 amide bonds. The average Bonchev–Trinajstić information content (AvgIpc) is 2.43. The molecule has 2 heterocycles. The number of nitrogens with zero attached hydrogens (tertiary/aromatic N) is 3. The average molecular weight is 278 g/mol. The Morgan fingerprint density at radius 1 is 1.25 bits per heavy atom. The molecular formula is C15H26N4O. The lowest BCUT2D eigenvalue weighted by Crippen LogP contribution is -2.38. The molecule has 112 valence electrons. The van der Waals surface area contributed by atoms with Crippen LogP contribution in [0.3, 0.4) is 0 Å². The molecule has 0 aliphatic carbocycles. The molecule has 0 unspecified atom stereocenters. The SMILES string of the molecule is COCCNCC1CCN(c2nc(C)cc(C)n2)CC1. The Labute approximate surface area is 121 Å². The second-order valence-corrected chi connectivity index (χ2v) is 5.58. The summed E-state index contributed by atoms with van der Waals surface area (Å²) >= 11 is 0. The van der Waals surface area contributed by atoms with E-state index in [1.807, 2.05) is 19.9 Å². The first-order valence-corrected chi connectivity index (χ1v) is 7.46. The highest BCUT2D eigenvalue weighted by molar-refractivity contribution is 5.32. The Morgan fingerprint density at radius 2 is 1.90 bits per heavy atom. The number of piperidine rings is 1. The maximum Gasteiger partial charge on any atom is 0.225 e. The van der Waals surface area contributed by atoms with Gasteiger partial charge in [0, 0.05) is 38.1 Å². The number of hydrogen-bond donors (Lipinski definition) is 1. The third kappa shape index (κ3) is 4.42. The summed E-state index contributed by atoms with van der Waals surface area (Å²) in [6, 6.07) is 2.02. The van der Waals surface area contributed by atoms with E-state index < -0.39 is 0 Å². The van der Waals surface area contributed by atoms with Crippen LogP contribution in [-0.4, -0.2) is 49.9 Å². The first-order valence-electron chi connectivity index (χ1n) is 7.46. The molecule has 1 aliphatic heterocycles. The number of methoxy groups -OCH3 is 1. The molecule has 1 aromatic rings. The molecule has 0 bridgehead atoms. The van der Waals surface area contributed by atoms with Crippen LogP contribution in [0.4, 0.5) is 5.95 Å². The van der Waals surface area contributed by atoms with E-state index in [-0.39, 0.29) is 0 Å². The fourth-order valence-electron chi connectivity index (χ4n) is 2.67. The minimum absolute atomic E-state index is 0.758. The van der Waals surface area contributed by atoms with Crippen molar-refractivity contribution in [2.24, 2.45) is 5.92 Å². The standard InChI is InChI=1S/C15H26N4O/c1-12-10-13(2)18-15(17-12)19-7-4-14(5-8-19)11-16-6-9-20-3/h10,14,16H,4-9,11H2,1-3H3. The lowest BCUT2D eigenvalue weighted by Gasteiger charge is -2.32. The Morgan fingerprint density at radius 3 is 2.50 bits per heavy atom. The summed E-state index contributed by atoms with van der Waals surface area (Å²) in [6.07, 6.45) is 2.41. The zero-order chi connectivity index (χ0) is 14.4. The molecule has 1 aromatic heterocycles. The van der Waals surface area contributed by atoms with Crippen molar-refractivity contribution in [3.8, 4) is 0 Å². The van der Waals surface area contributed by atoms with E-state index in [4.69, 9.17) is 4.74 Å². The van der Waals surface area contributed by atoms with Gasteiger partial charge in [0.15, 0.2) is 0 Å². The fourth-order valence-corrected chi connectivity index (χ4v) is 2.67. The quantitative estimate of drug-likeness (QED) is 0.800. The second-order valence-electron chi connectivity index (χ2n) is 5.58. The molecule has 2 rings (SSSR count). The molecule has 1 N–H and O–H groups in total. The predicted octanol–water partition coefficient (Wildman–Crippen LogP) is 1.55. The first kappa shape index (κ1) is 15.2. The molecule has 0 radical (unpaired) electrons. The number of aryl methyl sites for hydroxylation is 2. The van der Waals surface area contributed by atoms with Crippen molar-refractivity contribution in [1.29, 1.82) is 0 Å². The van der Waals surface area contributed by atoms with Crippen molar-refractivity contribution in [2.45, 2.75) is 26.7 Å². The van der Waals surface area contributed by atoms with Crippen molar-refractivity contribution >= 4 is 5.95 Å². The van der Waals surface area contributed by atoms with Crippen LogP contribution in [0.15, 0.2) is 6.07 Å². The molecule has 0 aromatic carbocycles. The Hall–Kier alpha value is -1.20. The Balaban J connectivity index is 1.79. The molecular weight excluding hydrogens is 252 g/mol. The first-order chi connectivity index (χ1) is 9.69. The van der Waals surface area contributed by atoms with E-state index in [1.165, 1.54) is 12.8 Å². The van der Waals surface area contributed by atoms with Gasteiger partial charge in [-0.3, -0.25) is 0 Å². The molecule has 1 aliphatic rings. The molecule has 0 spiro atoms. The smallest absolute Gasteiger partial charge is 0.225 e. The predicted molar refractivity (Wildman–Crippen MR) is 81.2 cm³/mol. The summed E-state index contributed by atoms with van der Waals surface area (Å²) in [5.74, 6) is 1.65. The Kier molecular flexibility index (Phi) is 5.73. The number of anilines is 1. The monoisotopic (exact) mass is 278 g/mol. The molecule has 1 saturated heterocycles. The lowest BCUT2D eigenvalue weighted by molar-refractivity contribution is 0.196. The largest absolute Gasteiger partial charge is 0.383 e. The number of rotatable bonds is 6. The summed E-state index contributed by atoms with van der Waals surface area (Å²) in [7, 11) is 1.74. The van der Waals surface area contributed by atoms with E-state index in [1.54, 1.807) is 7.11 Å². The number of ether oxygens (including phenoxy) is 1. The van der Waals surface area contributed by atoms with Gasteiger partial charge in [-0.1, -0.05) is 0 Å². The van der Waals surface area contributed by atoms with Crippen LogP contribution >= 0.6 is 0 Å². The van der Waals surface area contributed by atoms with Crippen LogP contribution in [0.1, 0.15) is 24.2 Å². The van der Waals surface area contributed by atoms with Crippen molar-refractivity contribution in [2.75, 3.05) is 44.8 Å². The Bertz CT molecular complexity index is 396. The lowest BCUT2D eigenvalue weighted by atomic mass is 9.97. The summed E-state index contributed by atoms with van der Waals surface area (Å²) in [5, 5.41) is 3.45. The maximum absolute atomic E-state index is 5.04. The van der Waals surface area contributed by atoms with Gasteiger partial charge < -0.3 is 15.0 Å². The van der Waals surface area contributed by atoms with Crippen LogP contribution < -0.4 is 10.2 Å². The minimum atomic E-state index is 0.758. The van der Waals surface area contributed by atoms with Crippen LogP contribution in [0.2, 0.25) is 0 Å². The zero-order valence-corrected chi connectivity index (χ0v) is 12.9. The number of nitrogens with one attached hydrogen (secondary N) is 1. The third-order valence-corrected chi connectivity index (χ3v) is 3.78. The summed E-state index contributed by atoms with van der Waals surface area (Å²) < 4.78 is 5.04. The number of aromatic nitrogens is 2. The molecule has 1 fully saturated rings. The highest BCUT2D eigenvalue weighted by Gasteiger charge is 2.20. The van der Waals surface area contributed by atoms with E-state index in [0.717, 1.165) is 56.0 Å². The van der Waals surface area contributed by atoms with E-state index >= 15 is 0 Å². The van der Waals surface area contributed by atoms with Gasteiger partial charge in [0.05, 0.1) is 6.61 Å². The molecule has 20 heavy (non-hydrogen) atoms. The van der Waals surface area contributed by atoms with Gasteiger partial charge in [0.1, 0.15) is 0 Å². The van der Waals surface area contributed by atoms with Gasteiger partial charge in [0.2, 0.25) is 5.95 Å². The van der Waals surface area contributed by atoms with E-state index in [2.05, 4.69) is 20.2 Å². The molecule has 5 heteroatoms. The summed E-state index contributed by atoms with van der Waals surface area (Å²) in [6.45, 7) is 8.99. The fraction of sp³-hybridized carbons (Fsp3) is 0.733. The molecule has 0 atom stereocenters. The summed E-state index contributed by atoms with van der Waals surface area (Å²) in [4.78, 5) is 11.4. The van der Waals surface area contributed by atoms with Crippen LogP contribution in [0.5, 0.6) is 0 Å². The van der Waals surface area contributed by atoms with Gasteiger partial charge in [-0.05, 0) is 45.2 Å². The molecule has 0 saturated carbocycles. The van der Waals surface area contributed by atoms with Gasteiger partial charge in [0.25, 0.3) is 0 Å². The van der Waals surface area contributed by atoms with Crippen LogP contribution in [0, 0.1) is 19.8 Å². The topological polar surface area (TPSA) is 50.3 Å². The normalized spacial score (nSPS) is 16.6. The van der Waals surface area contributed by atoms with Crippen molar-refractivity contribution in [3.05, 3.63) is 17.5 Å². The third-order valence-electron chi connectivity index (χ3n) is 3.78. The van der Waals surface area contributed by atoms with E-state index in [9.17, 15) is 0 Å². The van der Waals surface area contributed by atoms with Crippen molar-refractivity contribution in [1.82, 2.24) is 15.3 Å². The van der Waals surface area contributed by atoms with Crippen LogP contribution in [0.25, 0.3) is 0 Å². The molecule has 5 nitrogen and oxygen atoms in total. The highest BCUT2D eigenvalue weighted by atomic mass is 16.5. The van der Waals surface area contributed by atoms with Crippen molar-refractivity contribution in [3.63, 3.8) is 0 Å². The van der Waals surface area contributed by atoms with Gasteiger partial charge >= 0.3 is 0 Å². The van der Waals surface area contributed by atoms with Gasteiger partial charge in [-0.25, -0.2) is 9.97 Å². The zero-order valence-electron chi connectivity index (χ0n) is 12.9.